The van der Waals surface area contributed by atoms with Crippen LogP contribution in [0.4, 0.5) is 11.5 Å². The van der Waals surface area contributed by atoms with Crippen molar-refractivity contribution in [2.75, 3.05) is 5.73 Å². The summed E-state index contributed by atoms with van der Waals surface area (Å²) in [4.78, 5) is 10.2. The Balaban J connectivity index is 2.46. The van der Waals surface area contributed by atoms with Crippen LogP contribution in [0.25, 0.3) is 0 Å². The number of rotatable bonds is 4. The number of anilines is 1. The summed E-state index contributed by atoms with van der Waals surface area (Å²) in [5.41, 5.74) is 6.52. The maximum Gasteiger partial charge on any atom is 0.330 e. The molecule has 0 saturated heterocycles. The zero-order valence-electron chi connectivity index (χ0n) is 10.3. The van der Waals surface area contributed by atoms with Crippen LogP contribution >= 0.6 is 11.6 Å². The third kappa shape index (κ3) is 2.53. The van der Waals surface area contributed by atoms with Crippen LogP contribution in [0.5, 0.6) is 0 Å². The Labute approximate surface area is 114 Å². The average Bonchev–Trinajstić information content (AvgIpc) is 2.73. The number of halogens is 1. The lowest BCUT2D eigenvalue weighted by atomic mass is 10.1. The van der Waals surface area contributed by atoms with E-state index in [0.717, 1.165) is 5.56 Å². The second-order valence-corrected chi connectivity index (χ2v) is 4.53. The summed E-state index contributed by atoms with van der Waals surface area (Å²) in [6.07, 6.45) is 1.87. The van der Waals surface area contributed by atoms with E-state index in [-0.39, 0.29) is 17.5 Å². The normalized spacial score (nSPS) is 12.3. The van der Waals surface area contributed by atoms with E-state index < -0.39 is 4.92 Å². The second kappa shape index (κ2) is 5.27. The Morgan fingerprint density at radius 3 is 2.84 bits per heavy atom. The number of nitro groups is 1. The van der Waals surface area contributed by atoms with Crippen LogP contribution in [0, 0.1) is 10.1 Å². The van der Waals surface area contributed by atoms with Gasteiger partial charge in [0.15, 0.2) is 0 Å². The Hall–Kier alpha value is -2.08. The summed E-state index contributed by atoms with van der Waals surface area (Å²) in [5.74, 6) is 0.0526. The van der Waals surface area contributed by atoms with Gasteiger partial charge in [0.05, 0.1) is 11.0 Å². The molecule has 2 aromatic rings. The highest BCUT2D eigenvalue weighted by molar-refractivity contribution is 6.30. The molecule has 0 amide bonds. The predicted octanol–water partition coefficient (Wildman–Crippen LogP) is 3.03. The van der Waals surface area contributed by atoms with Gasteiger partial charge < -0.3 is 5.73 Å². The predicted molar refractivity (Wildman–Crippen MR) is 73.2 cm³/mol. The van der Waals surface area contributed by atoms with Gasteiger partial charge in [-0.25, -0.2) is 4.68 Å². The van der Waals surface area contributed by atoms with E-state index in [1.807, 2.05) is 25.1 Å². The molecule has 19 heavy (non-hydrogen) atoms. The van der Waals surface area contributed by atoms with E-state index >= 15 is 0 Å². The van der Waals surface area contributed by atoms with Crippen molar-refractivity contribution >= 4 is 23.1 Å². The van der Waals surface area contributed by atoms with Crippen LogP contribution in [0.3, 0.4) is 0 Å². The Bertz CT molecular complexity index is 612. The number of nitrogen functional groups attached to an aromatic ring is 1. The molecule has 1 aromatic heterocycles. The highest BCUT2D eigenvalue weighted by Crippen LogP contribution is 2.30. The summed E-state index contributed by atoms with van der Waals surface area (Å²) in [6, 6.07) is 7.13. The van der Waals surface area contributed by atoms with Crippen LogP contribution < -0.4 is 5.73 Å². The molecule has 2 N–H and O–H groups in total. The first-order chi connectivity index (χ1) is 9.04. The molecule has 100 valence electrons. The van der Waals surface area contributed by atoms with Gasteiger partial charge in [0.1, 0.15) is 6.20 Å². The molecule has 0 radical (unpaired) electrons. The smallest absolute Gasteiger partial charge is 0.330 e. The molecule has 0 bridgehead atoms. The largest absolute Gasteiger partial charge is 0.378 e. The summed E-state index contributed by atoms with van der Waals surface area (Å²) in [7, 11) is 0. The highest BCUT2D eigenvalue weighted by Gasteiger charge is 2.23. The molecule has 1 atom stereocenters. The first-order valence-electron chi connectivity index (χ1n) is 5.77. The monoisotopic (exact) mass is 280 g/mol. The molecular weight excluding hydrogens is 268 g/mol. The SMILES string of the molecule is CCC(c1cccc(Cl)c1)n1ncc([N+](=O)[O-])c1N. The Kier molecular flexibility index (Phi) is 3.71. The van der Waals surface area contributed by atoms with Crippen molar-refractivity contribution in [3.63, 3.8) is 0 Å². The number of nitrogens with two attached hydrogens (primary N) is 1. The minimum absolute atomic E-state index is 0.0526. The Morgan fingerprint density at radius 2 is 2.32 bits per heavy atom. The lowest BCUT2D eigenvalue weighted by Gasteiger charge is -2.17. The van der Waals surface area contributed by atoms with Crippen LogP contribution in [0.15, 0.2) is 30.5 Å². The van der Waals surface area contributed by atoms with Gasteiger partial charge in [0.2, 0.25) is 5.82 Å². The van der Waals surface area contributed by atoms with Crippen molar-refractivity contribution in [3.05, 3.63) is 51.2 Å². The van der Waals surface area contributed by atoms with E-state index in [9.17, 15) is 10.1 Å². The van der Waals surface area contributed by atoms with Gasteiger partial charge in [0, 0.05) is 5.02 Å². The van der Waals surface area contributed by atoms with Gasteiger partial charge >= 0.3 is 5.69 Å². The first kappa shape index (κ1) is 13.4. The van der Waals surface area contributed by atoms with E-state index in [2.05, 4.69) is 5.10 Å². The quantitative estimate of drug-likeness (QED) is 0.689. The van der Waals surface area contributed by atoms with E-state index in [4.69, 9.17) is 17.3 Å². The molecular formula is C12H13ClN4O2. The molecule has 0 fully saturated rings. The van der Waals surface area contributed by atoms with E-state index in [1.165, 1.54) is 10.9 Å². The fraction of sp³-hybridized carbons (Fsp3) is 0.250. The van der Waals surface area contributed by atoms with Crippen LogP contribution in [0.1, 0.15) is 24.9 Å². The molecule has 0 aliphatic heterocycles. The van der Waals surface area contributed by atoms with Crippen molar-refractivity contribution in [1.29, 1.82) is 0 Å². The van der Waals surface area contributed by atoms with Crippen molar-refractivity contribution in [2.24, 2.45) is 0 Å². The molecule has 1 heterocycles. The van der Waals surface area contributed by atoms with E-state index in [0.29, 0.717) is 11.4 Å². The zero-order valence-corrected chi connectivity index (χ0v) is 11.0. The number of hydrogen-bond acceptors (Lipinski definition) is 4. The Morgan fingerprint density at radius 1 is 1.58 bits per heavy atom. The number of benzene rings is 1. The van der Waals surface area contributed by atoms with Gasteiger partial charge in [0.25, 0.3) is 0 Å². The topological polar surface area (TPSA) is 87.0 Å². The third-order valence-electron chi connectivity index (χ3n) is 2.93. The van der Waals surface area contributed by atoms with E-state index in [1.54, 1.807) is 6.07 Å². The fourth-order valence-corrected chi connectivity index (χ4v) is 2.21. The molecule has 1 aromatic carbocycles. The van der Waals surface area contributed by atoms with Crippen LogP contribution in [0.2, 0.25) is 5.02 Å². The summed E-state index contributed by atoms with van der Waals surface area (Å²) >= 11 is 5.96. The van der Waals surface area contributed by atoms with Gasteiger partial charge in [-0.05, 0) is 24.1 Å². The van der Waals surface area contributed by atoms with Gasteiger partial charge in [-0.15, -0.1) is 0 Å². The zero-order chi connectivity index (χ0) is 14.0. The molecule has 0 aliphatic carbocycles. The molecule has 6 nitrogen and oxygen atoms in total. The highest BCUT2D eigenvalue weighted by atomic mass is 35.5. The average molecular weight is 281 g/mol. The second-order valence-electron chi connectivity index (χ2n) is 4.10. The first-order valence-corrected chi connectivity index (χ1v) is 6.15. The van der Waals surface area contributed by atoms with Crippen LogP contribution in [-0.2, 0) is 0 Å². The molecule has 0 spiro atoms. The van der Waals surface area contributed by atoms with Crippen LogP contribution in [-0.4, -0.2) is 14.7 Å². The number of hydrogen-bond donors (Lipinski definition) is 1. The minimum atomic E-state index is -0.538. The maximum atomic E-state index is 10.8. The number of aromatic nitrogens is 2. The number of nitrogens with zero attached hydrogens (tertiary/aromatic N) is 3. The minimum Gasteiger partial charge on any atom is -0.378 e. The van der Waals surface area contributed by atoms with Crippen molar-refractivity contribution in [1.82, 2.24) is 9.78 Å². The van der Waals surface area contributed by atoms with Gasteiger partial charge in [-0.2, -0.15) is 5.10 Å². The summed E-state index contributed by atoms with van der Waals surface area (Å²) in [6.45, 7) is 1.96. The molecule has 0 saturated carbocycles. The third-order valence-corrected chi connectivity index (χ3v) is 3.16. The standard InChI is InChI=1S/C12H13ClN4O2/c1-2-10(8-4-3-5-9(13)6-8)16-12(14)11(7-15-16)17(18)19/h3-7,10H,2,14H2,1H3. The van der Waals surface area contributed by atoms with Crippen molar-refractivity contribution in [3.8, 4) is 0 Å². The lowest BCUT2D eigenvalue weighted by Crippen LogP contribution is -2.14. The summed E-state index contributed by atoms with van der Waals surface area (Å²) in [5, 5.41) is 15.4. The lowest BCUT2D eigenvalue weighted by molar-refractivity contribution is -0.384. The molecule has 1 unspecified atom stereocenters. The maximum absolute atomic E-state index is 10.8. The van der Waals surface area contributed by atoms with Gasteiger partial charge in [-0.3, -0.25) is 10.1 Å². The summed E-state index contributed by atoms with van der Waals surface area (Å²) < 4.78 is 1.46. The van der Waals surface area contributed by atoms with Crippen molar-refractivity contribution in [2.45, 2.75) is 19.4 Å². The molecule has 7 heteroatoms. The van der Waals surface area contributed by atoms with Crippen molar-refractivity contribution < 1.29 is 4.92 Å². The fourth-order valence-electron chi connectivity index (χ4n) is 2.02. The van der Waals surface area contributed by atoms with Gasteiger partial charge in [-0.1, -0.05) is 30.7 Å². The molecule has 2 rings (SSSR count). The molecule has 0 aliphatic rings.